The molecule has 1 aliphatic rings. The van der Waals surface area contributed by atoms with Crippen LogP contribution in [0.1, 0.15) is 123 Å². The highest BCUT2D eigenvalue weighted by Gasteiger charge is 2.65. The van der Waals surface area contributed by atoms with Crippen molar-refractivity contribution in [2.75, 3.05) is 6.61 Å². The van der Waals surface area contributed by atoms with Gasteiger partial charge in [-0.25, -0.2) is 0 Å². The minimum absolute atomic E-state index is 0.0204. The quantitative estimate of drug-likeness (QED) is 0.105. The van der Waals surface area contributed by atoms with Gasteiger partial charge in [0.05, 0.1) is 6.61 Å². The van der Waals surface area contributed by atoms with Crippen molar-refractivity contribution in [2.24, 2.45) is 0 Å². The third-order valence-corrected chi connectivity index (χ3v) is 6.92. The number of ether oxygens (including phenoxy) is 2. The summed E-state index contributed by atoms with van der Waals surface area (Å²) in [7, 11) is 0. The summed E-state index contributed by atoms with van der Waals surface area (Å²) in [5.41, 5.74) is 0. The molecule has 0 saturated carbocycles. The Morgan fingerprint density at radius 2 is 1.24 bits per heavy atom. The van der Waals surface area contributed by atoms with Gasteiger partial charge in [-0.15, -0.1) is 0 Å². The molecule has 1 fully saturated rings. The zero-order valence-corrected chi connectivity index (χ0v) is 21.4. The Bertz CT molecular complexity index is 545. The summed E-state index contributed by atoms with van der Waals surface area (Å²) in [5.74, 6) is -6.05. The van der Waals surface area contributed by atoms with Crippen molar-refractivity contribution < 1.29 is 39.8 Å². The fourth-order valence-corrected chi connectivity index (χ4v) is 4.56. The molecule has 0 radical (unpaired) electrons. The van der Waals surface area contributed by atoms with Crippen LogP contribution in [0.5, 0.6) is 0 Å². The molecular weight excluding hydrogens is 440 g/mol. The van der Waals surface area contributed by atoms with E-state index in [0.29, 0.717) is 6.42 Å². The van der Waals surface area contributed by atoms with Crippen LogP contribution in [0.4, 0.5) is 0 Å². The predicted octanol–water partition coefficient (Wildman–Crippen LogP) is 3.69. The maximum atomic E-state index is 12.3. The topological polar surface area (TPSA) is 137 Å². The van der Waals surface area contributed by atoms with Gasteiger partial charge in [0.2, 0.25) is 5.79 Å². The van der Waals surface area contributed by atoms with E-state index in [2.05, 4.69) is 6.92 Å². The van der Waals surface area contributed by atoms with Crippen LogP contribution in [-0.4, -0.2) is 68.0 Å². The molecule has 1 unspecified atom stereocenters. The van der Waals surface area contributed by atoms with Crippen molar-refractivity contribution in [1.82, 2.24) is 0 Å². The molecule has 0 aromatic heterocycles. The highest BCUT2D eigenvalue weighted by atomic mass is 16.7. The summed E-state index contributed by atoms with van der Waals surface area (Å²) in [4.78, 5) is 12.3. The van der Waals surface area contributed by atoms with Gasteiger partial charge < -0.3 is 35.0 Å². The van der Waals surface area contributed by atoms with Crippen molar-refractivity contribution in [1.29, 1.82) is 0 Å². The number of hydrogen-bond donors (Lipinski definition) is 5. The highest BCUT2D eigenvalue weighted by molar-refractivity contribution is 5.70. The Labute approximate surface area is 205 Å². The molecule has 1 aliphatic heterocycles. The Balaban J connectivity index is 2.16. The van der Waals surface area contributed by atoms with E-state index in [9.17, 15) is 30.3 Å². The summed E-state index contributed by atoms with van der Waals surface area (Å²) >= 11 is 0. The lowest BCUT2D eigenvalue weighted by atomic mass is 9.87. The Morgan fingerprint density at radius 1 is 0.794 bits per heavy atom. The lowest BCUT2D eigenvalue weighted by molar-refractivity contribution is -0.447. The van der Waals surface area contributed by atoms with Gasteiger partial charge >= 0.3 is 5.97 Å². The first-order valence-corrected chi connectivity index (χ1v) is 13.6. The molecule has 8 heteroatoms. The van der Waals surface area contributed by atoms with Gasteiger partial charge in [-0.1, -0.05) is 104 Å². The monoisotopic (exact) mass is 490 g/mol. The van der Waals surface area contributed by atoms with Gasteiger partial charge in [-0.2, -0.15) is 0 Å². The largest absolute Gasteiger partial charge is 0.424 e. The summed E-state index contributed by atoms with van der Waals surface area (Å²) < 4.78 is 10.2. The summed E-state index contributed by atoms with van der Waals surface area (Å²) in [6.07, 6.45) is 12.8. The van der Waals surface area contributed by atoms with E-state index in [1.165, 1.54) is 77.6 Å². The maximum absolute atomic E-state index is 12.3. The van der Waals surface area contributed by atoms with E-state index in [0.717, 1.165) is 19.3 Å². The minimum atomic E-state index is -2.82. The molecule has 0 spiro atoms. The molecule has 0 aromatic carbocycles. The molecule has 0 amide bonds. The average Bonchev–Trinajstić information content (AvgIpc) is 2.82. The van der Waals surface area contributed by atoms with Crippen LogP contribution >= 0.6 is 0 Å². The normalized spacial score (nSPS) is 29.3. The van der Waals surface area contributed by atoms with E-state index in [-0.39, 0.29) is 12.8 Å². The minimum Gasteiger partial charge on any atom is -0.424 e. The zero-order chi connectivity index (χ0) is 25.5. The van der Waals surface area contributed by atoms with Crippen molar-refractivity contribution in [3.63, 3.8) is 0 Å². The van der Waals surface area contributed by atoms with Crippen LogP contribution in [-0.2, 0) is 14.3 Å². The second-order valence-corrected chi connectivity index (χ2v) is 9.78. The van der Waals surface area contributed by atoms with Gasteiger partial charge in [0, 0.05) is 12.8 Å². The Morgan fingerprint density at radius 3 is 1.65 bits per heavy atom. The Hall–Kier alpha value is -0.770. The molecule has 1 heterocycles. The van der Waals surface area contributed by atoms with Gasteiger partial charge in [0.1, 0.15) is 12.2 Å². The molecule has 5 N–H and O–H groups in total. The van der Waals surface area contributed by atoms with Gasteiger partial charge in [0.25, 0.3) is 5.79 Å². The maximum Gasteiger partial charge on any atom is 0.308 e. The molecule has 0 bridgehead atoms. The van der Waals surface area contributed by atoms with E-state index in [1.807, 2.05) is 0 Å². The van der Waals surface area contributed by atoms with E-state index in [4.69, 9.17) is 9.47 Å². The second kappa shape index (κ2) is 16.8. The molecule has 0 aromatic rings. The molecule has 0 aliphatic carbocycles. The SMILES string of the molecule is CCCCCCCCCCCCCCCCCC(=O)O[C@]1(O)[C@@H](O)[C@H](O)[C@@H](CO)OC1(O)CC. The first-order chi connectivity index (χ1) is 16.3. The van der Waals surface area contributed by atoms with Crippen LogP contribution in [0.3, 0.4) is 0 Å². The predicted molar refractivity (Wildman–Crippen MR) is 130 cm³/mol. The standard InChI is InChI=1S/C26H50O8/c1-3-5-6-7-8-9-10-11-12-13-14-15-16-17-18-19-22(28)34-26(32)24(30)23(29)21(20-27)33-25(26,31)4-2/h21,23-24,27,29-32H,3-20H2,1-2H3/t21-,23-,24+,25?,26-/m1/s1. The first kappa shape index (κ1) is 31.3. The highest BCUT2D eigenvalue weighted by Crippen LogP contribution is 2.40. The van der Waals surface area contributed by atoms with E-state index >= 15 is 0 Å². The Kier molecular flexibility index (Phi) is 15.5. The third-order valence-electron chi connectivity index (χ3n) is 6.92. The number of unbranched alkanes of at least 4 members (excludes halogenated alkanes) is 14. The van der Waals surface area contributed by atoms with Gasteiger partial charge in [-0.05, 0) is 6.42 Å². The summed E-state index contributed by atoms with van der Waals surface area (Å²) in [5, 5.41) is 50.9. The molecule has 202 valence electrons. The van der Waals surface area contributed by atoms with Crippen molar-refractivity contribution in [2.45, 2.75) is 153 Å². The van der Waals surface area contributed by atoms with Crippen LogP contribution < -0.4 is 0 Å². The summed E-state index contributed by atoms with van der Waals surface area (Å²) in [6.45, 7) is 3.03. The fourth-order valence-electron chi connectivity index (χ4n) is 4.56. The zero-order valence-electron chi connectivity index (χ0n) is 21.4. The number of carbonyl (C=O) groups is 1. The lowest BCUT2D eigenvalue weighted by Gasteiger charge is -2.51. The number of rotatable bonds is 19. The number of esters is 1. The molecule has 8 nitrogen and oxygen atoms in total. The van der Waals surface area contributed by atoms with Gasteiger partial charge in [-0.3, -0.25) is 4.79 Å². The van der Waals surface area contributed by atoms with E-state index < -0.39 is 42.5 Å². The van der Waals surface area contributed by atoms with Crippen molar-refractivity contribution in [3.05, 3.63) is 0 Å². The number of hydrogen-bond acceptors (Lipinski definition) is 8. The number of carbonyl (C=O) groups excluding carboxylic acids is 1. The molecule has 1 rings (SSSR count). The third kappa shape index (κ3) is 9.70. The van der Waals surface area contributed by atoms with Crippen LogP contribution in [0.2, 0.25) is 0 Å². The van der Waals surface area contributed by atoms with Crippen molar-refractivity contribution >= 4 is 5.97 Å². The van der Waals surface area contributed by atoms with Gasteiger partial charge in [0.15, 0.2) is 6.10 Å². The molecular formula is C26H50O8. The molecule has 5 atom stereocenters. The first-order valence-electron chi connectivity index (χ1n) is 13.6. The lowest BCUT2D eigenvalue weighted by Crippen LogP contribution is -2.74. The number of aliphatic hydroxyl groups excluding tert-OH is 3. The van der Waals surface area contributed by atoms with Crippen LogP contribution in [0.25, 0.3) is 0 Å². The molecule has 1 saturated heterocycles. The average molecular weight is 491 g/mol. The van der Waals surface area contributed by atoms with Crippen LogP contribution in [0.15, 0.2) is 0 Å². The van der Waals surface area contributed by atoms with E-state index in [1.54, 1.807) is 0 Å². The summed E-state index contributed by atoms with van der Waals surface area (Å²) in [6, 6.07) is 0. The second-order valence-electron chi connectivity index (χ2n) is 9.78. The fraction of sp³-hybridized carbons (Fsp3) is 0.962. The number of aliphatic hydroxyl groups is 5. The molecule has 34 heavy (non-hydrogen) atoms. The van der Waals surface area contributed by atoms with Crippen molar-refractivity contribution in [3.8, 4) is 0 Å². The smallest absolute Gasteiger partial charge is 0.308 e. The van der Waals surface area contributed by atoms with Crippen LogP contribution in [0, 0.1) is 0 Å².